The fourth-order valence-electron chi connectivity index (χ4n) is 1.89. The molecule has 22 heavy (non-hydrogen) atoms. The first kappa shape index (κ1) is 18.8. The fourth-order valence-corrected chi connectivity index (χ4v) is 2.39. The van der Waals surface area contributed by atoms with Crippen molar-refractivity contribution < 1.29 is 9.53 Å². The van der Waals surface area contributed by atoms with Crippen molar-refractivity contribution in [2.75, 3.05) is 23.9 Å². The molecule has 2 N–H and O–H groups in total. The van der Waals surface area contributed by atoms with Crippen LogP contribution >= 0.6 is 11.8 Å². The molecule has 0 spiro atoms. The van der Waals surface area contributed by atoms with E-state index in [9.17, 15) is 4.79 Å². The summed E-state index contributed by atoms with van der Waals surface area (Å²) in [4.78, 5) is 11.9. The summed E-state index contributed by atoms with van der Waals surface area (Å²) in [5.74, 6) is 1.87. The summed E-state index contributed by atoms with van der Waals surface area (Å²) in [6.07, 6.45) is 5.79. The van der Waals surface area contributed by atoms with E-state index in [1.165, 1.54) is 12.2 Å². The topological polar surface area (TPSA) is 68.2 Å². The van der Waals surface area contributed by atoms with Crippen LogP contribution in [0.15, 0.2) is 6.20 Å². The van der Waals surface area contributed by atoms with Crippen LogP contribution in [0.25, 0.3) is 0 Å². The number of carbonyl (C=O) groups is 1. The molecule has 6 nitrogen and oxygen atoms in total. The Morgan fingerprint density at radius 2 is 2.14 bits per heavy atom. The SMILES string of the molecule is CSCCCCNCc1cnn(C)c1NC(=O)OC(C)(C)C. The normalized spacial score (nSPS) is 11.5. The van der Waals surface area contributed by atoms with Gasteiger partial charge in [0.25, 0.3) is 0 Å². The molecule has 0 bridgehead atoms. The number of ether oxygens (including phenoxy) is 1. The summed E-state index contributed by atoms with van der Waals surface area (Å²) in [6, 6.07) is 0. The molecular weight excluding hydrogens is 300 g/mol. The summed E-state index contributed by atoms with van der Waals surface area (Å²) in [5.41, 5.74) is 0.441. The number of nitrogens with zero attached hydrogens (tertiary/aromatic N) is 2. The van der Waals surface area contributed by atoms with Crippen LogP contribution in [0.2, 0.25) is 0 Å². The van der Waals surface area contributed by atoms with Crippen molar-refractivity contribution in [1.82, 2.24) is 15.1 Å². The molecule has 1 heterocycles. The maximum Gasteiger partial charge on any atom is 0.413 e. The fraction of sp³-hybridized carbons (Fsp3) is 0.733. The lowest BCUT2D eigenvalue weighted by molar-refractivity contribution is 0.0634. The summed E-state index contributed by atoms with van der Waals surface area (Å²) in [6.45, 7) is 7.16. The van der Waals surface area contributed by atoms with Crippen molar-refractivity contribution in [2.45, 2.75) is 45.8 Å². The molecule has 0 atom stereocenters. The highest BCUT2D eigenvalue weighted by molar-refractivity contribution is 7.98. The molecule has 0 fully saturated rings. The summed E-state index contributed by atoms with van der Waals surface area (Å²) < 4.78 is 6.92. The second-order valence-electron chi connectivity index (χ2n) is 6.15. The lowest BCUT2D eigenvalue weighted by Crippen LogP contribution is -2.28. The highest BCUT2D eigenvalue weighted by Crippen LogP contribution is 2.16. The third-order valence-electron chi connectivity index (χ3n) is 2.90. The van der Waals surface area contributed by atoms with Crippen LogP contribution in [-0.4, -0.2) is 40.0 Å². The van der Waals surface area contributed by atoms with Crippen LogP contribution in [0, 0.1) is 0 Å². The molecule has 0 aliphatic carbocycles. The van der Waals surface area contributed by atoms with Gasteiger partial charge in [0.05, 0.1) is 6.20 Å². The summed E-state index contributed by atoms with van der Waals surface area (Å²) in [5, 5.41) is 10.4. The Labute approximate surface area is 137 Å². The van der Waals surface area contributed by atoms with Crippen molar-refractivity contribution in [3.05, 3.63) is 11.8 Å². The number of hydrogen-bond acceptors (Lipinski definition) is 5. The van der Waals surface area contributed by atoms with Gasteiger partial charge in [-0.05, 0) is 52.2 Å². The summed E-state index contributed by atoms with van der Waals surface area (Å²) in [7, 11) is 1.80. The monoisotopic (exact) mass is 328 g/mol. The lowest BCUT2D eigenvalue weighted by Gasteiger charge is -2.20. The standard InChI is InChI=1S/C15H28N4O2S/c1-15(2,3)21-14(20)18-13-12(11-17-19(13)4)10-16-8-6-7-9-22-5/h11,16H,6-10H2,1-5H3,(H,18,20). The van der Waals surface area contributed by atoms with E-state index in [-0.39, 0.29) is 0 Å². The zero-order chi connectivity index (χ0) is 16.6. The van der Waals surface area contributed by atoms with Gasteiger partial charge in [-0.2, -0.15) is 16.9 Å². The van der Waals surface area contributed by atoms with Gasteiger partial charge < -0.3 is 10.1 Å². The van der Waals surface area contributed by atoms with Crippen molar-refractivity contribution in [2.24, 2.45) is 7.05 Å². The van der Waals surface area contributed by atoms with Crippen LogP contribution in [0.4, 0.5) is 10.6 Å². The minimum atomic E-state index is -0.515. The van der Waals surface area contributed by atoms with Gasteiger partial charge in [0.15, 0.2) is 0 Å². The number of aryl methyl sites for hydroxylation is 1. The van der Waals surface area contributed by atoms with Gasteiger partial charge in [-0.15, -0.1) is 0 Å². The average molecular weight is 328 g/mol. The number of aromatic nitrogens is 2. The molecule has 0 aliphatic heterocycles. The Balaban J connectivity index is 2.47. The van der Waals surface area contributed by atoms with Gasteiger partial charge in [0.1, 0.15) is 11.4 Å². The number of rotatable bonds is 8. The Kier molecular flexibility index (Phi) is 7.75. The molecule has 0 unspecified atom stereocenters. The predicted molar refractivity (Wildman–Crippen MR) is 92.4 cm³/mol. The molecular formula is C15H28N4O2S. The zero-order valence-electron chi connectivity index (χ0n) is 14.2. The van der Waals surface area contributed by atoms with E-state index in [0.717, 1.165) is 18.5 Å². The number of hydrogen-bond donors (Lipinski definition) is 2. The molecule has 0 aromatic carbocycles. The predicted octanol–water partition coefficient (Wildman–Crippen LogP) is 3.00. The highest BCUT2D eigenvalue weighted by atomic mass is 32.2. The van der Waals surface area contributed by atoms with E-state index in [4.69, 9.17) is 4.74 Å². The number of carbonyl (C=O) groups excluding carboxylic acids is 1. The van der Waals surface area contributed by atoms with E-state index in [1.54, 1.807) is 17.9 Å². The van der Waals surface area contributed by atoms with Gasteiger partial charge in [-0.3, -0.25) is 10.00 Å². The van der Waals surface area contributed by atoms with Gasteiger partial charge in [0, 0.05) is 19.2 Å². The van der Waals surface area contributed by atoms with E-state index in [2.05, 4.69) is 22.0 Å². The zero-order valence-corrected chi connectivity index (χ0v) is 15.0. The molecule has 1 aromatic heterocycles. The average Bonchev–Trinajstić information content (AvgIpc) is 2.73. The van der Waals surface area contributed by atoms with Crippen molar-refractivity contribution in [1.29, 1.82) is 0 Å². The first-order valence-corrected chi connectivity index (χ1v) is 8.93. The number of thioether (sulfide) groups is 1. The van der Waals surface area contributed by atoms with E-state index in [0.29, 0.717) is 12.4 Å². The highest BCUT2D eigenvalue weighted by Gasteiger charge is 2.18. The van der Waals surface area contributed by atoms with Crippen molar-refractivity contribution >= 4 is 23.7 Å². The third kappa shape index (κ3) is 7.17. The third-order valence-corrected chi connectivity index (χ3v) is 3.60. The quantitative estimate of drug-likeness (QED) is 0.718. The Bertz CT molecular complexity index is 469. The molecule has 1 rings (SSSR count). The maximum absolute atomic E-state index is 11.9. The molecule has 0 aliphatic rings. The Morgan fingerprint density at radius 3 is 2.77 bits per heavy atom. The lowest BCUT2D eigenvalue weighted by atomic mass is 10.2. The number of anilines is 1. The maximum atomic E-state index is 11.9. The first-order chi connectivity index (χ1) is 10.3. The molecule has 126 valence electrons. The smallest absolute Gasteiger partial charge is 0.413 e. The number of amides is 1. The second-order valence-corrected chi connectivity index (χ2v) is 7.13. The van der Waals surface area contributed by atoms with Crippen LogP contribution in [0.1, 0.15) is 39.2 Å². The van der Waals surface area contributed by atoms with Crippen molar-refractivity contribution in [3.8, 4) is 0 Å². The van der Waals surface area contributed by atoms with Crippen LogP contribution in [0.5, 0.6) is 0 Å². The molecule has 7 heteroatoms. The van der Waals surface area contributed by atoms with Crippen LogP contribution < -0.4 is 10.6 Å². The largest absolute Gasteiger partial charge is 0.444 e. The number of unbranched alkanes of at least 4 members (excludes halogenated alkanes) is 1. The Morgan fingerprint density at radius 1 is 1.41 bits per heavy atom. The number of nitrogens with one attached hydrogen (secondary N) is 2. The Hall–Kier alpha value is -1.21. The molecule has 0 radical (unpaired) electrons. The van der Waals surface area contributed by atoms with Gasteiger partial charge in [-0.1, -0.05) is 0 Å². The van der Waals surface area contributed by atoms with Crippen molar-refractivity contribution in [3.63, 3.8) is 0 Å². The van der Waals surface area contributed by atoms with Gasteiger partial charge >= 0.3 is 6.09 Å². The van der Waals surface area contributed by atoms with E-state index < -0.39 is 11.7 Å². The first-order valence-electron chi connectivity index (χ1n) is 7.54. The minimum Gasteiger partial charge on any atom is -0.444 e. The van der Waals surface area contributed by atoms with E-state index >= 15 is 0 Å². The van der Waals surface area contributed by atoms with Gasteiger partial charge in [0.2, 0.25) is 0 Å². The second kappa shape index (κ2) is 9.05. The van der Waals surface area contributed by atoms with Crippen LogP contribution in [0.3, 0.4) is 0 Å². The molecule has 0 saturated heterocycles. The van der Waals surface area contributed by atoms with Gasteiger partial charge in [-0.25, -0.2) is 4.79 Å². The molecule has 1 aromatic rings. The molecule has 0 saturated carbocycles. The summed E-state index contributed by atoms with van der Waals surface area (Å²) >= 11 is 1.87. The van der Waals surface area contributed by atoms with Crippen LogP contribution in [-0.2, 0) is 18.3 Å². The molecule has 1 amide bonds. The van der Waals surface area contributed by atoms with E-state index in [1.807, 2.05) is 32.5 Å². The minimum absolute atomic E-state index is 0.461.